The minimum absolute atomic E-state index is 0.305. The third kappa shape index (κ3) is 5.09. The summed E-state index contributed by atoms with van der Waals surface area (Å²) in [5.41, 5.74) is 4.18. The zero-order valence-electron chi connectivity index (χ0n) is 16.0. The van der Waals surface area contributed by atoms with E-state index in [1.54, 1.807) is 6.07 Å². The van der Waals surface area contributed by atoms with Crippen molar-refractivity contribution in [1.82, 2.24) is 0 Å². The van der Waals surface area contributed by atoms with Crippen LogP contribution in [0.4, 0.5) is 11.4 Å². The Hall–Kier alpha value is -2.82. The third-order valence-electron chi connectivity index (χ3n) is 4.82. The molecule has 1 aliphatic rings. The number of aryl methyl sites for hydroxylation is 2. The topological polar surface area (TPSA) is 58.6 Å². The van der Waals surface area contributed by atoms with Crippen molar-refractivity contribution in [1.29, 1.82) is 0 Å². The second-order valence-corrected chi connectivity index (χ2v) is 7.04. The Balaban J connectivity index is 1.51. The van der Waals surface area contributed by atoms with Crippen LogP contribution in [0.2, 0.25) is 0 Å². The molecule has 0 aliphatic carbocycles. The molecule has 5 heteroatoms. The first-order valence-electron chi connectivity index (χ1n) is 9.42. The van der Waals surface area contributed by atoms with Crippen molar-refractivity contribution >= 4 is 23.3 Å². The van der Waals surface area contributed by atoms with E-state index in [1.165, 1.54) is 24.9 Å². The number of carbonyl (C=O) groups is 2. The van der Waals surface area contributed by atoms with Crippen LogP contribution < -0.4 is 10.2 Å². The van der Waals surface area contributed by atoms with Gasteiger partial charge in [0.05, 0.1) is 5.56 Å². The molecular weight excluding hydrogens is 340 g/mol. The van der Waals surface area contributed by atoms with Gasteiger partial charge in [0.2, 0.25) is 0 Å². The lowest BCUT2D eigenvalue weighted by Gasteiger charge is -2.28. The van der Waals surface area contributed by atoms with E-state index in [0.29, 0.717) is 11.3 Å². The van der Waals surface area contributed by atoms with E-state index in [4.69, 9.17) is 4.74 Å². The number of carbonyl (C=O) groups excluding carboxylic acids is 2. The van der Waals surface area contributed by atoms with Crippen molar-refractivity contribution < 1.29 is 14.3 Å². The molecule has 0 spiro atoms. The van der Waals surface area contributed by atoms with Gasteiger partial charge in [-0.25, -0.2) is 4.79 Å². The maximum Gasteiger partial charge on any atom is 0.338 e. The van der Waals surface area contributed by atoms with Gasteiger partial charge in [-0.05, 0) is 69.0 Å². The summed E-state index contributed by atoms with van der Waals surface area (Å²) in [4.78, 5) is 26.6. The molecule has 3 rings (SSSR count). The number of nitrogens with zero attached hydrogens (tertiary/aromatic N) is 1. The number of amides is 1. The highest BCUT2D eigenvalue weighted by Gasteiger charge is 2.14. The number of benzene rings is 2. The standard InChI is InChI=1S/C22H26N2O3/c1-16-6-7-17(2)20(14-16)22(26)27-15-21(25)23-18-8-10-19(11-9-18)24-12-4-3-5-13-24/h6-11,14H,3-5,12-13,15H2,1-2H3,(H,23,25). The highest BCUT2D eigenvalue weighted by Crippen LogP contribution is 2.21. The van der Waals surface area contributed by atoms with Crippen LogP contribution >= 0.6 is 0 Å². The summed E-state index contributed by atoms with van der Waals surface area (Å²) < 4.78 is 5.16. The van der Waals surface area contributed by atoms with E-state index >= 15 is 0 Å². The van der Waals surface area contributed by atoms with Crippen LogP contribution in [-0.4, -0.2) is 31.6 Å². The molecular formula is C22H26N2O3. The summed E-state index contributed by atoms with van der Waals surface area (Å²) in [6.45, 7) is 5.62. The molecule has 1 N–H and O–H groups in total. The summed E-state index contributed by atoms with van der Waals surface area (Å²) in [5.74, 6) is -0.828. The number of rotatable bonds is 5. The van der Waals surface area contributed by atoms with E-state index < -0.39 is 5.97 Å². The van der Waals surface area contributed by atoms with Crippen LogP contribution in [0, 0.1) is 13.8 Å². The molecule has 0 saturated carbocycles. The highest BCUT2D eigenvalue weighted by atomic mass is 16.5. The maximum absolute atomic E-state index is 12.2. The molecule has 1 amide bonds. The van der Waals surface area contributed by atoms with Crippen LogP contribution in [0.25, 0.3) is 0 Å². The lowest BCUT2D eigenvalue weighted by atomic mass is 10.1. The summed E-state index contributed by atoms with van der Waals surface area (Å²) in [6, 6.07) is 13.4. The molecule has 1 fully saturated rings. The fourth-order valence-electron chi connectivity index (χ4n) is 3.27. The zero-order valence-corrected chi connectivity index (χ0v) is 16.0. The minimum Gasteiger partial charge on any atom is -0.452 e. The quantitative estimate of drug-likeness (QED) is 0.810. The van der Waals surface area contributed by atoms with E-state index in [9.17, 15) is 9.59 Å². The van der Waals surface area contributed by atoms with Crippen LogP contribution in [-0.2, 0) is 9.53 Å². The first-order valence-corrected chi connectivity index (χ1v) is 9.42. The monoisotopic (exact) mass is 366 g/mol. The Kier molecular flexibility index (Phi) is 6.12. The van der Waals surface area contributed by atoms with Crippen molar-refractivity contribution in [3.63, 3.8) is 0 Å². The molecule has 2 aromatic carbocycles. The van der Waals surface area contributed by atoms with Crippen molar-refractivity contribution in [3.05, 3.63) is 59.2 Å². The Bertz CT molecular complexity index is 809. The van der Waals surface area contributed by atoms with Gasteiger partial charge < -0.3 is 15.0 Å². The van der Waals surface area contributed by atoms with Gasteiger partial charge in [0.15, 0.2) is 6.61 Å². The Morgan fingerprint density at radius 3 is 2.41 bits per heavy atom. The smallest absolute Gasteiger partial charge is 0.338 e. The van der Waals surface area contributed by atoms with Gasteiger partial charge in [0, 0.05) is 24.5 Å². The number of ether oxygens (including phenoxy) is 1. The lowest BCUT2D eigenvalue weighted by Crippen LogP contribution is -2.29. The van der Waals surface area contributed by atoms with Crippen LogP contribution in [0.5, 0.6) is 0 Å². The lowest BCUT2D eigenvalue weighted by molar-refractivity contribution is -0.119. The van der Waals surface area contributed by atoms with E-state index in [0.717, 1.165) is 24.2 Å². The van der Waals surface area contributed by atoms with Crippen molar-refractivity contribution in [2.75, 3.05) is 29.9 Å². The summed E-state index contributed by atoms with van der Waals surface area (Å²) in [7, 11) is 0. The second kappa shape index (κ2) is 8.71. The summed E-state index contributed by atoms with van der Waals surface area (Å²) >= 11 is 0. The molecule has 2 aromatic rings. The summed E-state index contributed by atoms with van der Waals surface area (Å²) in [6.07, 6.45) is 3.75. The van der Waals surface area contributed by atoms with E-state index in [-0.39, 0.29) is 12.5 Å². The van der Waals surface area contributed by atoms with Crippen molar-refractivity contribution in [2.45, 2.75) is 33.1 Å². The number of hydrogen-bond donors (Lipinski definition) is 1. The van der Waals surface area contributed by atoms with E-state index in [1.807, 2.05) is 50.2 Å². The first-order chi connectivity index (χ1) is 13.0. The van der Waals surface area contributed by atoms with Gasteiger partial charge >= 0.3 is 5.97 Å². The highest BCUT2D eigenvalue weighted by molar-refractivity contribution is 5.96. The molecule has 142 valence electrons. The molecule has 0 radical (unpaired) electrons. The number of piperidine rings is 1. The third-order valence-corrected chi connectivity index (χ3v) is 4.82. The number of hydrogen-bond acceptors (Lipinski definition) is 4. The second-order valence-electron chi connectivity index (χ2n) is 7.04. The SMILES string of the molecule is Cc1ccc(C)c(C(=O)OCC(=O)Nc2ccc(N3CCCCC3)cc2)c1. The van der Waals surface area contributed by atoms with Gasteiger partial charge in [-0.15, -0.1) is 0 Å². The predicted octanol–water partition coefficient (Wildman–Crippen LogP) is 4.09. The Labute approximate surface area is 160 Å². The maximum atomic E-state index is 12.2. The fraction of sp³-hybridized carbons (Fsp3) is 0.364. The van der Waals surface area contributed by atoms with E-state index in [2.05, 4.69) is 10.2 Å². The molecule has 0 atom stereocenters. The first kappa shape index (κ1) is 19.0. The normalized spacial score (nSPS) is 13.9. The zero-order chi connectivity index (χ0) is 19.2. The number of esters is 1. The molecule has 0 bridgehead atoms. The Morgan fingerprint density at radius 2 is 1.70 bits per heavy atom. The average molecular weight is 366 g/mol. The molecule has 1 aliphatic heterocycles. The van der Waals surface area contributed by atoms with Gasteiger partial charge in [-0.1, -0.05) is 17.7 Å². The molecule has 0 unspecified atom stereocenters. The molecule has 27 heavy (non-hydrogen) atoms. The van der Waals surface area contributed by atoms with Crippen LogP contribution in [0.15, 0.2) is 42.5 Å². The molecule has 5 nitrogen and oxygen atoms in total. The van der Waals surface area contributed by atoms with Gasteiger partial charge in [0.25, 0.3) is 5.91 Å². The van der Waals surface area contributed by atoms with Crippen LogP contribution in [0.3, 0.4) is 0 Å². The predicted molar refractivity (Wildman–Crippen MR) is 107 cm³/mol. The van der Waals surface area contributed by atoms with Gasteiger partial charge in [-0.3, -0.25) is 4.79 Å². The Morgan fingerprint density at radius 1 is 1.00 bits per heavy atom. The largest absolute Gasteiger partial charge is 0.452 e. The molecule has 1 saturated heterocycles. The number of nitrogens with one attached hydrogen (secondary N) is 1. The molecule has 1 heterocycles. The minimum atomic E-state index is -0.480. The fourth-order valence-corrected chi connectivity index (χ4v) is 3.27. The summed E-state index contributed by atoms with van der Waals surface area (Å²) in [5, 5.41) is 2.77. The van der Waals surface area contributed by atoms with Gasteiger partial charge in [-0.2, -0.15) is 0 Å². The van der Waals surface area contributed by atoms with Crippen LogP contribution in [0.1, 0.15) is 40.7 Å². The van der Waals surface area contributed by atoms with Crippen molar-refractivity contribution in [2.24, 2.45) is 0 Å². The number of anilines is 2. The van der Waals surface area contributed by atoms with Crippen molar-refractivity contribution in [3.8, 4) is 0 Å². The van der Waals surface area contributed by atoms with Gasteiger partial charge in [0.1, 0.15) is 0 Å². The average Bonchev–Trinajstić information content (AvgIpc) is 2.69. The molecule has 0 aromatic heterocycles.